The summed E-state index contributed by atoms with van der Waals surface area (Å²) < 4.78 is 10.4. The number of methoxy groups -OCH3 is 2. The Morgan fingerprint density at radius 3 is 2.07 bits per heavy atom. The van der Waals surface area contributed by atoms with Gasteiger partial charge in [0.15, 0.2) is 0 Å². The number of halogens is 1. The molecule has 0 saturated heterocycles. The van der Waals surface area contributed by atoms with Crippen molar-refractivity contribution in [1.29, 1.82) is 0 Å². The maximum atomic E-state index is 13.3. The van der Waals surface area contributed by atoms with Crippen molar-refractivity contribution in [1.82, 2.24) is 0 Å². The zero-order valence-electron chi connectivity index (χ0n) is 16.5. The first kappa shape index (κ1) is 19.7. The molecule has 4 rings (SSSR count). The van der Waals surface area contributed by atoms with Crippen LogP contribution in [0.3, 0.4) is 0 Å². The Kier molecular flexibility index (Phi) is 5.55. The number of aliphatic imine (C=N–C) groups is 1. The van der Waals surface area contributed by atoms with Crippen molar-refractivity contribution in [3.63, 3.8) is 0 Å². The minimum Gasteiger partial charge on any atom is -0.497 e. The van der Waals surface area contributed by atoms with Crippen LogP contribution in [0.1, 0.15) is 11.1 Å². The first-order valence-corrected chi connectivity index (χ1v) is 9.66. The summed E-state index contributed by atoms with van der Waals surface area (Å²) in [5.41, 5.74) is 2.53. The number of ether oxygens (including phenoxy) is 2. The van der Waals surface area contributed by atoms with E-state index in [0.29, 0.717) is 33.6 Å². The fraction of sp³-hybridized carbons (Fsp3) is 0.0833. The molecule has 1 heterocycles. The van der Waals surface area contributed by atoms with E-state index in [1.807, 2.05) is 54.6 Å². The van der Waals surface area contributed by atoms with Gasteiger partial charge in [-0.15, -0.1) is 0 Å². The molecule has 30 heavy (non-hydrogen) atoms. The molecule has 3 aromatic carbocycles. The van der Waals surface area contributed by atoms with Crippen LogP contribution in [0.4, 0.5) is 5.69 Å². The number of hydrogen-bond donors (Lipinski definition) is 0. The topological polar surface area (TPSA) is 51.1 Å². The first-order valence-electron chi connectivity index (χ1n) is 9.28. The fourth-order valence-electron chi connectivity index (χ4n) is 3.17. The van der Waals surface area contributed by atoms with Crippen molar-refractivity contribution in [3.8, 4) is 11.5 Å². The smallest absolute Gasteiger partial charge is 0.282 e. The van der Waals surface area contributed by atoms with Gasteiger partial charge in [0.25, 0.3) is 5.91 Å². The van der Waals surface area contributed by atoms with Crippen LogP contribution in [-0.4, -0.2) is 26.0 Å². The molecule has 1 amide bonds. The molecule has 0 aromatic heterocycles. The predicted molar refractivity (Wildman–Crippen MR) is 119 cm³/mol. The van der Waals surface area contributed by atoms with E-state index in [1.165, 1.54) is 0 Å². The van der Waals surface area contributed by atoms with Crippen LogP contribution in [0.15, 0.2) is 83.5 Å². The van der Waals surface area contributed by atoms with Crippen molar-refractivity contribution >= 4 is 35.1 Å². The number of benzene rings is 3. The zero-order valence-corrected chi connectivity index (χ0v) is 17.3. The lowest BCUT2D eigenvalue weighted by atomic mass is 10.1. The quantitative estimate of drug-likeness (QED) is 0.535. The fourth-order valence-corrected chi connectivity index (χ4v) is 3.39. The van der Waals surface area contributed by atoms with E-state index < -0.39 is 0 Å². The molecule has 0 atom stereocenters. The molecule has 1 aliphatic rings. The van der Waals surface area contributed by atoms with E-state index in [0.717, 1.165) is 11.3 Å². The summed E-state index contributed by atoms with van der Waals surface area (Å²) in [5.74, 6) is 1.70. The largest absolute Gasteiger partial charge is 0.497 e. The van der Waals surface area contributed by atoms with Crippen LogP contribution in [0.5, 0.6) is 11.5 Å². The Morgan fingerprint density at radius 2 is 1.47 bits per heavy atom. The van der Waals surface area contributed by atoms with Gasteiger partial charge < -0.3 is 9.47 Å². The lowest BCUT2D eigenvalue weighted by Crippen LogP contribution is -2.32. The molecule has 0 N–H and O–H groups in total. The van der Waals surface area contributed by atoms with E-state index in [2.05, 4.69) is 4.99 Å². The summed E-state index contributed by atoms with van der Waals surface area (Å²) in [7, 11) is 3.21. The number of nitrogens with zero attached hydrogens (tertiary/aromatic N) is 2. The van der Waals surface area contributed by atoms with Crippen molar-refractivity contribution in [3.05, 3.63) is 94.6 Å². The minimum atomic E-state index is -0.231. The lowest BCUT2D eigenvalue weighted by molar-refractivity contribution is -0.113. The van der Waals surface area contributed by atoms with Crippen LogP contribution < -0.4 is 14.4 Å². The lowest BCUT2D eigenvalue weighted by Gasteiger charge is -2.19. The summed E-state index contributed by atoms with van der Waals surface area (Å²) in [6.07, 6.45) is 1.75. The highest BCUT2D eigenvalue weighted by atomic mass is 35.5. The molecule has 1 aliphatic heterocycles. The highest BCUT2D eigenvalue weighted by Gasteiger charge is 2.33. The van der Waals surface area contributed by atoms with Gasteiger partial charge in [-0.05, 0) is 60.2 Å². The van der Waals surface area contributed by atoms with Gasteiger partial charge in [0.05, 0.1) is 24.9 Å². The Balaban J connectivity index is 1.80. The summed E-state index contributed by atoms with van der Waals surface area (Å²) in [6.45, 7) is 0. The van der Waals surface area contributed by atoms with E-state index in [1.54, 1.807) is 43.4 Å². The van der Waals surface area contributed by atoms with Crippen molar-refractivity contribution in [2.24, 2.45) is 4.99 Å². The van der Waals surface area contributed by atoms with Crippen molar-refractivity contribution < 1.29 is 14.3 Å². The molecule has 0 radical (unpaired) electrons. The third kappa shape index (κ3) is 3.80. The molecule has 0 unspecified atom stereocenters. The van der Waals surface area contributed by atoms with Gasteiger partial charge in [-0.25, -0.2) is 4.99 Å². The van der Waals surface area contributed by atoms with Gasteiger partial charge in [-0.2, -0.15) is 0 Å². The Morgan fingerprint density at radius 1 is 0.867 bits per heavy atom. The Bertz CT molecular complexity index is 1140. The maximum absolute atomic E-state index is 13.3. The molecule has 3 aromatic rings. The minimum absolute atomic E-state index is 0.231. The average Bonchev–Trinajstić information content (AvgIpc) is 3.10. The van der Waals surface area contributed by atoms with Crippen LogP contribution in [0, 0.1) is 0 Å². The van der Waals surface area contributed by atoms with Crippen LogP contribution in [-0.2, 0) is 4.79 Å². The number of rotatable bonds is 5. The third-order valence-electron chi connectivity index (χ3n) is 4.72. The molecule has 0 aliphatic carbocycles. The molecule has 5 nitrogen and oxygen atoms in total. The number of amides is 1. The van der Waals surface area contributed by atoms with Crippen molar-refractivity contribution in [2.45, 2.75) is 0 Å². The highest BCUT2D eigenvalue weighted by molar-refractivity contribution is 6.39. The molecular weight excluding hydrogens is 400 g/mol. The summed E-state index contributed by atoms with van der Waals surface area (Å²) in [5, 5.41) is 0.522. The number of amidine groups is 1. The van der Waals surface area contributed by atoms with E-state index in [-0.39, 0.29) is 5.91 Å². The second kappa shape index (κ2) is 8.43. The van der Waals surface area contributed by atoms with Crippen LogP contribution in [0.25, 0.3) is 6.08 Å². The second-order valence-electron chi connectivity index (χ2n) is 6.56. The van der Waals surface area contributed by atoms with Gasteiger partial charge >= 0.3 is 0 Å². The van der Waals surface area contributed by atoms with Gasteiger partial charge in [-0.3, -0.25) is 9.69 Å². The van der Waals surface area contributed by atoms with Gasteiger partial charge in [0, 0.05) is 5.56 Å². The number of carbonyl (C=O) groups is 1. The predicted octanol–water partition coefficient (Wildman–Crippen LogP) is 5.19. The van der Waals surface area contributed by atoms with Crippen LogP contribution >= 0.6 is 11.6 Å². The first-order chi connectivity index (χ1) is 14.6. The summed E-state index contributed by atoms with van der Waals surface area (Å²) in [4.78, 5) is 19.5. The molecular formula is C24H19ClN2O3. The molecule has 6 heteroatoms. The second-order valence-corrected chi connectivity index (χ2v) is 6.96. The number of hydrogen-bond acceptors (Lipinski definition) is 4. The summed E-state index contributed by atoms with van der Waals surface area (Å²) >= 11 is 6.42. The third-order valence-corrected chi connectivity index (χ3v) is 5.05. The molecule has 150 valence electrons. The monoisotopic (exact) mass is 418 g/mol. The van der Waals surface area contributed by atoms with Crippen LogP contribution in [0.2, 0.25) is 5.02 Å². The van der Waals surface area contributed by atoms with E-state index in [9.17, 15) is 4.79 Å². The molecule has 0 bridgehead atoms. The molecule has 0 saturated carbocycles. The van der Waals surface area contributed by atoms with E-state index in [4.69, 9.17) is 21.1 Å². The number of anilines is 1. The summed E-state index contributed by atoms with van der Waals surface area (Å²) in [6, 6.07) is 22.0. The van der Waals surface area contributed by atoms with Gasteiger partial charge in [0.1, 0.15) is 23.0 Å². The molecule has 0 spiro atoms. The zero-order chi connectivity index (χ0) is 21.1. The average molecular weight is 419 g/mol. The Hall–Kier alpha value is -3.57. The van der Waals surface area contributed by atoms with Gasteiger partial charge in [-0.1, -0.05) is 35.9 Å². The van der Waals surface area contributed by atoms with E-state index >= 15 is 0 Å². The highest BCUT2D eigenvalue weighted by Crippen LogP contribution is 2.31. The normalized spacial score (nSPS) is 14.8. The molecule has 0 fully saturated rings. The SMILES string of the molecule is COc1ccc(/C=C2/N=C(c3ccccc3Cl)N(c3ccc(OC)cc3)C2=O)cc1. The Labute approximate surface area is 179 Å². The number of carbonyl (C=O) groups excluding carboxylic acids is 1. The standard InChI is InChI=1S/C24H19ClN2O3/c1-29-18-11-7-16(8-12-18)15-22-24(28)27(17-9-13-19(30-2)14-10-17)23(26-22)20-5-3-4-6-21(20)25/h3-15H,1-2H3/b22-15+. The van der Waals surface area contributed by atoms with Crippen molar-refractivity contribution in [2.75, 3.05) is 19.1 Å². The maximum Gasteiger partial charge on any atom is 0.282 e. The van der Waals surface area contributed by atoms with Gasteiger partial charge in [0.2, 0.25) is 0 Å².